The van der Waals surface area contributed by atoms with Gasteiger partial charge in [-0.2, -0.15) is 0 Å². The van der Waals surface area contributed by atoms with Gasteiger partial charge in [0.05, 0.1) is 0 Å². The van der Waals surface area contributed by atoms with Gasteiger partial charge in [-0.25, -0.2) is 0 Å². The Kier molecular flexibility index (Phi) is 1.83. The van der Waals surface area contributed by atoms with Crippen LogP contribution in [0.15, 0.2) is 36.4 Å². The highest BCUT2D eigenvalue weighted by Crippen LogP contribution is 2.23. The van der Waals surface area contributed by atoms with Gasteiger partial charge in [-0.3, -0.25) is 0 Å². The topological polar surface area (TPSA) is 0 Å². The Morgan fingerprint density at radius 2 is 2.00 bits per heavy atom. The van der Waals surface area contributed by atoms with Gasteiger partial charge < -0.3 is 0 Å². The fourth-order valence-electron chi connectivity index (χ4n) is 1.39. The molecule has 0 atom stereocenters. The van der Waals surface area contributed by atoms with Crippen LogP contribution in [0.2, 0.25) is 0 Å². The van der Waals surface area contributed by atoms with Gasteiger partial charge in [-0.1, -0.05) is 43.3 Å². The summed E-state index contributed by atoms with van der Waals surface area (Å²) in [5.41, 5.74) is 3.81. The highest BCUT2D eigenvalue weighted by atomic mass is 14.1. The second-order valence-electron chi connectivity index (χ2n) is 2.93. The van der Waals surface area contributed by atoms with Crippen LogP contribution >= 0.6 is 0 Å². The summed E-state index contributed by atoms with van der Waals surface area (Å²) in [6, 6.07) is 16.0. The zero-order valence-electron chi connectivity index (χ0n) is 7.17. The van der Waals surface area contributed by atoms with E-state index in [0.29, 0.717) is 0 Å². The molecule has 0 heteroatoms. The number of hydrogen-bond donors (Lipinski definition) is 0. The molecule has 1 radical (unpaired) electrons. The molecule has 0 spiro atoms. The van der Waals surface area contributed by atoms with Crippen LogP contribution in [-0.4, -0.2) is 0 Å². The van der Waals surface area contributed by atoms with Gasteiger partial charge in [0.25, 0.3) is 0 Å². The van der Waals surface area contributed by atoms with Crippen LogP contribution in [0.4, 0.5) is 0 Å². The molecule has 0 saturated heterocycles. The first-order valence-corrected chi connectivity index (χ1v) is 4.30. The summed E-state index contributed by atoms with van der Waals surface area (Å²) in [5, 5.41) is 0. The average Bonchev–Trinajstić information content (AvgIpc) is 2.37. The summed E-state index contributed by atoms with van der Waals surface area (Å²) < 4.78 is 0. The minimum Gasteiger partial charge on any atom is -0.0622 e. The number of fused-ring (bicyclic) bond motifs is 1. The molecule has 0 unspecified atom stereocenters. The van der Waals surface area contributed by atoms with Crippen molar-refractivity contribution in [3.05, 3.63) is 48.0 Å². The molecule has 0 saturated carbocycles. The van der Waals surface area contributed by atoms with E-state index in [2.05, 4.69) is 43.3 Å². The second kappa shape index (κ2) is 2.98. The molecule has 0 fully saturated rings. The molecule has 0 nitrogen and oxygen atoms in total. The van der Waals surface area contributed by atoms with Crippen molar-refractivity contribution in [3.63, 3.8) is 0 Å². The normalized spacial score (nSPS) is 10.4. The quantitative estimate of drug-likeness (QED) is 0.593. The first-order chi connectivity index (χ1) is 5.90. The molecule has 2 aliphatic carbocycles. The third-order valence-electron chi connectivity index (χ3n) is 2.08. The van der Waals surface area contributed by atoms with Crippen LogP contribution in [0, 0.1) is 6.07 Å². The Balaban J connectivity index is 2.61. The van der Waals surface area contributed by atoms with Crippen LogP contribution in [0.5, 0.6) is 0 Å². The Hall–Kier alpha value is -1.30. The molecule has 0 bridgehead atoms. The van der Waals surface area contributed by atoms with E-state index >= 15 is 0 Å². The summed E-state index contributed by atoms with van der Waals surface area (Å²) in [5.74, 6) is 0. The number of hydrogen-bond acceptors (Lipinski definition) is 0. The first-order valence-electron chi connectivity index (χ1n) is 4.30. The van der Waals surface area contributed by atoms with Gasteiger partial charge in [-0.05, 0) is 29.2 Å². The van der Waals surface area contributed by atoms with Crippen molar-refractivity contribution in [2.75, 3.05) is 0 Å². The standard InChI is InChI=1S/C12H11/c1-2-10-8-11-6-4-3-5-7-12(11)9-10/h3-8H,2H2,1H3. The molecule has 0 heterocycles. The highest BCUT2D eigenvalue weighted by molar-refractivity contribution is 5.67. The molecule has 0 aromatic carbocycles. The maximum absolute atomic E-state index is 3.37. The third-order valence-corrected chi connectivity index (χ3v) is 2.08. The predicted octanol–water partition coefficient (Wildman–Crippen LogP) is 3.15. The van der Waals surface area contributed by atoms with Gasteiger partial charge in [0.1, 0.15) is 0 Å². The SMILES string of the molecule is CCc1[c]c2cccccc-2c1. The van der Waals surface area contributed by atoms with Gasteiger partial charge in [0.2, 0.25) is 0 Å². The summed E-state index contributed by atoms with van der Waals surface area (Å²) in [6.07, 6.45) is 1.07. The molecule has 2 rings (SSSR count). The maximum atomic E-state index is 3.37. The van der Waals surface area contributed by atoms with Crippen molar-refractivity contribution in [3.8, 4) is 11.1 Å². The Bertz CT molecular complexity index is 319. The van der Waals surface area contributed by atoms with Crippen molar-refractivity contribution in [1.82, 2.24) is 0 Å². The minimum absolute atomic E-state index is 1.07. The van der Waals surface area contributed by atoms with Gasteiger partial charge in [0.15, 0.2) is 0 Å². The highest BCUT2D eigenvalue weighted by Gasteiger charge is 2.02. The summed E-state index contributed by atoms with van der Waals surface area (Å²) >= 11 is 0. The van der Waals surface area contributed by atoms with Crippen molar-refractivity contribution in [2.45, 2.75) is 13.3 Å². The molecule has 0 aromatic heterocycles. The Morgan fingerprint density at radius 3 is 2.83 bits per heavy atom. The van der Waals surface area contributed by atoms with E-state index < -0.39 is 0 Å². The van der Waals surface area contributed by atoms with Crippen LogP contribution in [0.25, 0.3) is 11.1 Å². The predicted molar refractivity (Wildman–Crippen MR) is 51.3 cm³/mol. The van der Waals surface area contributed by atoms with Crippen molar-refractivity contribution >= 4 is 0 Å². The van der Waals surface area contributed by atoms with Crippen molar-refractivity contribution in [2.24, 2.45) is 0 Å². The molecule has 0 amide bonds. The molecular formula is C12H11. The van der Waals surface area contributed by atoms with E-state index in [1.165, 1.54) is 16.7 Å². The third kappa shape index (κ3) is 1.20. The van der Waals surface area contributed by atoms with Gasteiger partial charge in [-0.15, -0.1) is 0 Å². The fraction of sp³-hybridized carbons (Fsp3) is 0.167. The van der Waals surface area contributed by atoms with E-state index in [-0.39, 0.29) is 0 Å². The average molecular weight is 155 g/mol. The zero-order chi connectivity index (χ0) is 8.39. The van der Waals surface area contributed by atoms with E-state index in [9.17, 15) is 0 Å². The largest absolute Gasteiger partial charge is 0.0622 e. The Morgan fingerprint density at radius 1 is 1.17 bits per heavy atom. The van der Waals surface area contributed by atoms with Crippen molar-refractivity contribution in [1.29, 1.82) is 0 Å². The van der Waals surface area contributed by atoms with Crippen LogP contribution in [0.1, 0.15) is 12.5 Å². The Labute approximate surface area is 73.2 Å². The van der Waals surface area contributed by atoms with E-state index in [1.54, 1.807) is 0 Å². The van der Waals surface area contributed by atoms with E-state index in [4.69, 9.17) is 0 Å². The second-order valence-corrected chi connectivity index (χ2v) is 2.93. The lowest BCUT2D eigenvalue weighted by Gasteiger charge is -1.85. The van der Waals surface area contributed by atoms with Crippen molar-refractivity contribution < 1.29 is 0 Å². The van der Waals surface area contributed by atoms with Crippen LogP contribution < -0.4 is 0 Å². The zero-order valence-corrected chi connectivity index (χ0v) is 7.17. The maximum Gasteiger partial charge on any atom is -0.00642 e. The lowest BCUT2D eigenvalue weighted by atomic mass is 10.2. The summed E-state index contributed by atoms with van der Waals surface area (Å²) in [6.45, 7) is 2.16. The van der Waals surface area contributed by atoms with Crippen LogP contribution in [-0.2, 0) is 6.42 Å². The minimum atomic E-state index is 1.07. The number of aryl methyl sites for hydroxylation is 1. The first kappa shape index (κ1) is 7.35. The van der Waals surface area contributed by atoms with Crippen LogP contribution in [0.3, 0.4) is 0 Å². The monoisotopic (exact) mass is 155 g/mol. The summed E-state index contributed by atoms with van der Waals surface area (Å²) in [7, 11) is 0. The molecule has 59 valence electrons. The molecule has 0 aliphatic heterocycles. The summed E-state index contributed by atoms with van der Waals surface area (Å²) in [4.78, 5) is 0. The molecule has 0 N–H and O–H groups in total. The van der Waals surface area contributed by atoms with Gasteiger partial charge >= 0.3 is 0 Å². The van der Waals surface area contributed by atoms with E-state index in [0.717, 1.165) is 6.42 Å². The molecule has 2 aliphatic rings. The lowest BCUT2D eigenvalue weighted by molar-refractivity contribution is 1.15. The smallest absolute Gasteiger partial charge is 0.00642 e. The molecule has 12 heavy (non-hydrogen) atoms. The van der Waals surface area contributed by atoms with Gasteiger partial charge in [0, 0.05) is 0 Å². The molecular weight excluding hydrogens is 144 g/mol. The fourth-order valence-corrected chi connectivity index (χ4v) is 1.39. The number of rotatable bonds is 1. The molecule has 0 aromatic rings. The van der Waals surface area contributed by atoms with E-state index in [1.807, 2.05) is 6.07 Å². The lowest BCUT2D eigenvalue weighted by Crippen LogP contribution is -1.67.